The molecule has 0 bridgehead atoms. The summed E-state index contributed by atoms with van der Waals surface area (Å²) in [7, 11) is 3.16. The molecule has 39 heavy (non-hydrogen) atoms. The van der Waals surface area contributed by atoms with Gasteiger partial charge < -0.3 is 14.8 Å². The van der Waals surface area contributed by atoms with E-state index in [4.69, 9.17) is 14.6 Å². The number of amidine groups is 1. The predicted molar refractivity (Wildman–Crippen MR) is 150 cm³/mol. The van der Waals surface area contributed by atoms with Gasteiger partial charge in [-0.2, -0.15) is 10.1 Å². The fourth-order valence-corrected chi connectivity index (χ4v) is 5.52. The Morgan fingerprint density at radius 2 is 1.82 bits per heavy atom. The lowest BCUT2D eigenvalue weighted by Crippen LogP contribution is -2.25. The average Bonchev–Trinajstić information content (AvgIpc) is 3.54. The first kappa shape index (κ1) is 26.4. The molecule has 0 radical (unpaired) electrons. The molecule has 5 rings (SSSR count). The second-order valence-electron chi connectivity index (χ2n) is 9.19. The molecule has 200 valence electrons. The molecule has 0 spiro atoms. The van der Waals surface area contributed by atoms with E-state index in [9.17, 15) is 14.0 Å². The first-order valence-corrected chi connectivity index (χ1v) is 13.2. The van der Waals surface area contributed by atoms with Gasteiger partial charge in [-0.15, -0.1) is 0 Å². The number of aliphatic imine (C=N–C) groups is 1. The highest BCUT2D eigenvalue weighted by Gasteiger charge is 2.39. The van der Waals surface area contributed by atoms with Crippen molar-refractivity contribution in [2.45, 2.75) is 31.1 Å². The Bertz CT molecular complexity index is 1460. The molecule has 0 aliphatic carbocycles. The smallest absolute Gasteiger partial charge is 0.262 e. The van der Waals surface area contributed by atoms with E-state index in [0.717, 1.165) is 16.7 Å². The van der Waals surface area contributed by atoms with Crippen molar-refractivity contribution in [2.75, 3.05) is 19.5 Å². The molecule has 2 aliphatic rings. The number of hydrazone groups is 1. The van der Waals surface area contributed by atoms with E-state index in [1.807, 2.05) is 37.3 Å². The van der Waals surface area contributed by atoms with E-state index in [1.54, 1.807) is 43.5 Å². The Morgan fingerprint density at radius 1 is 1.08 bits per heavy atom. The molecule has 10 heteroatoms. The third-order valence-electron chi connectivity index (χ3n) is 6.51. The first-order valence-electron chi connectivity index (χ1n) is 12.3. The number of hydrogen-bond donors (Lipinski definition) is 1. The second-order valence-corrected chi connectivity index (χ2v) is 10.4. The van der Waals surface area contributed by atoms with Crippen LogP contribution >= 0.6 is 11.8 Å². The van der Waals surface area contributed by atoms with Crippen molar-refractivity contribution in [3.63, 3.8) is 0 Å². The molecule has 3 aromatic rings. The largest absolute Gasteiger partial charge is 0.497 e. The van der Waals surface area contributed by atoms with Crippen molar-refractivity contribution in [3.8, 4) is 11.5 Å². The maximum atomic E-state index is 13.7. The minimum Gasteiger partial charge on any atom is -0.497 e. The zero-order valence-electron chi connectivity index (χ0n) is 21.7. The first-order chi connectivity index (χ1) is 18.8. The van der Waals surface area contributed by atoms with Gasteiger partial charge in [-0.25, -0.2) is 9.40 Å². The van der Waals surface area contributed by atoms with E-state index in [2.05, 4.69) is 10.3 Å². The van der Waals surface area contributed by atoms with Crippen molar-refractivity contribution in [1.29, 1.82) is 0 Å². The number of nitrogens with zero attached hydrogens (tertiary/aromatic N) is 3. The summed E-state index contributed by atoms with van der Waals surface area (Å²) in [4.78, 5) is 29.8. The molecule has 2 heterocycles. The normalized spacial score (nSPS) is 18.6. The maximum Gasteiger partial charge on any atom is 0.262 e. The molecule has 1 N–H and O–H groups in total. The van der Waals surface area contributed by atoms with Gasteiger partial charge in [0.05, 0.1) is 26.0 Å². The molecule has 2 aliphatic heterocycles. The highest BCUT2D eigenvalue weighted by molar-refractivity contribution is 8.15. The summed E-state index contributed by atoms with van der Waals surface area (Å²) >= 11 is 1.20. The molecular weight excluding hydrogens is 519 g/mol. The summed E-state index contributed by atoms with van der Waals surface area (Å²) in [6, 6.07) is 18.7. The van der Waals surface area contributed by atoms with Crippen LogP contribution in [-0.2, 0) is 9.59 Å². The summed E-state index contributed by atoms with van der Waals surface area (Å²) in [5, 5.41) is 9.07. The molecular formula is C29H27FN4O4S. The number of methoxy groups -OCH3 is 2. The number of amides is 2. The third-order valence-corrected chi connectivity index (χ3v) is 7.66. The van der Waals surface area contributed by atoms with Crippen LogP contribution in [0.5, 0.6) is 11.5 Å². The van der Waals surface area contributed by atoms with Crippen LogP contribution in [0, 0.1) is 12.7 Å². The van der Waals surface area contributed by atoms with E-state index >= 15 is 0 Å². The quantitative estimate of drug-likeness (QED) is 0.431. The number of aryl methyl sites for hydroxylation is 1. The zero-order valence-corrected chi connectivity index (χ0v) is 22.5. The monoisotopic (exact) mass is 546 g/mol. The van der Waals surface area contributed by atoms with Gasteiger partial charge in [-0.3, -0.25) is 9.59 Å². The van der Waals surface area contributed by atoms with Gasteiger partial charge in [0.25, 0.3) is 5.91 Å². The van der Waals surface area contributed by atoms with Crippen LogP contribution in [0.2, 0.25) is 0 Å². The van der Waals surface area contributed by atoms with Gasteiger partial charge >= 0.3 is 0 Å². The van der Waals surface area contributed by atoms with Crippen molar-refractivity contribution in [2.24, 2.45) is 10.1 Å². The van der Waals surface area contributed by atoms with Crippen LogP contribution in [0.15, 0.2) is 76.8 Å². The number of ether oxygens (including phenoxy) is 2. The van der Waals surface area contributed by atoms with Gasteiger partial charge in [0, 0.05) is 24.1 Å². The summed E-state index contributed by atoms with van der Waals surface area (Å²) in [5.74, 6) is 0.253. The fraction of sp³-hybridized carbons (Fsp3) is 0.241. The van der Waals surface area contributed by atoms with Crippen LogP contribution in [0.25, 0.3) is 0 Å². The highest BCUT2D eigenvalue weighted by Crippen LogP contribution is 2.40. The lowest BCUT2D eigenvalue weighted by Gasteiger charge is -2.23. The summed E-state index contributed by atoms with van der Waals surface area (Å²) < 4.78 is 24.7. The topological polar surface area (TPSA) is 92.6 Å². The van der Waals surface area contributed by atoms with Crippen molar-refractivity contribution in [1.82, 2.24) is 5.01 Å². The fourth-order valence-electron chi connectivity index (χ4n) is 4.46. The molecule has 3 aromatic carbocycles. The Hall–Kier alpha value is -4.18. The number of anilines is 1. The van der Waals surface area contributed by atoms with Crippen LogP contribution < -0.4 is 14.8 Å². The second kappa shape index (κ2) is 11.3. The SMILES string of the molecule is COc1ccc(OC)c(C2=NN(C3=NC(=O)[C@@H](CC(=O)Nc4ccc(C)cc4)S3)[C@H](c3ccc(F)cc3)C2)c1. The third kappa shape index (κ3) is 5.80. The zero-order chi connectivity index (χ0) is 27.5. The summed E-state index contributed by atoms with van der Waals surface area (Å²) in [6.07, 6.45) is 0.432. The van der Waals surface area contributed by atoms with Gasteiger partial charge in [-0.05, 0) is 55.0 Å². The number of halogens is 1. The number of benzene rings is 3. The maximum absolute atomic E-state index is 13.7. The van der Waals surface area contributed by atoms with Crippen molar-refractivity contribution in [3.05, 3.63) is 89.2 Å². The summed E-state index contributed by atoms with van der Waals surface area (Å²) in [5.41, 5.74) is 4.01. The molecule has 2 amide bonds. The molecule has 2 atom stereocenters. The Morgan fingerprint density at radius 3 is 2.51 bits per heavy atom. The van der Waals surface area contributed by atoms with E-state index in [1.165, 1.54) is 23.9 Å². The van der Waals surface area contributed by atoms with Crippen molar-refractivity contribution >= 4 is 40.1 Å². The molecule has 0 fully saturated rings. The Labute approximate surface area is 229 Å². The average molecular weight is 547 g/mol. The van der Waals surface area contributed by atoms with Gasteiger partial charge in [0.2, 0.25) is 5.91 Å². The number of carbonyl (C=O) groups excluding carboxylic acids is 2. The highest BCUT2D eigenvalue weighted by atomic mass is 32.2. The van der Waals surface area contributed by atoms with Crippen LogP contribution in [0.3, 0.4) is 0 Å². The lowest BCUT2D eigenvalue weighted by molar-refractivity contribution is -0.121. The van der Waals surface area contributed by atoms with E-state index in [0.29, 0.717) is 34.5 Å². The molecule has 0 saturated carbocycles. The van der Waals surface area contributed by atoms with Gasteiger partial charge in [0.15, 0.2) is 5.17 Å². The minimum atomic E-state index is -0.676. The molecule has 0 aromatic heterocycles. The number of hydrogen-bond acceptors (Lipinski definition) is 7. The number of nitrogens with one attached hydrogen (secondary N) is 1. The molecule has 0 saturated heterocycles. The number of thioether (sulfide) groups is 1. The number of rotatable bonds is 7. The Kier molecular flexibility index (Phi) is 7.65. The Balaban J connectivity index is 1.40. The lowest BCUT2D eigenvalue weighted by atomic mass is 9.98. The van der Waals surface area contributed by atoms with Crippen LogP contribution in [0.4, 0.5) is 10.1 Å². The van der Waals surface area contributed by atoms with Crippen LogP contribution in [-0.4, -0.2) is 47.2 Å². The van der Waals surface area contributed by atoms with E-state index < -0.39 is 11.2 Å². The van der Waals surface area contributed by atoms with E-state index in [-0.39, 0.29) is 24.2 Å². The molecule has 0 unspecified atom stereocenters. The van der Waals surface area contributed by atoms with Gasteiger partial charge in [0.1, 0.15) is 22.6 Å². The number of carbonyl (C=O) groups is 2. The van der Waals surface area contributed by atoms with Crippen molar-refractivity contribution < 1.29 is 23.5 Å². The minimum absolute atomic E-state index is 0.0281. The summed E-state index contributed by atoms with van der Waals surface area (Å²) in [6.45, 7) is 1.97. The van der Waals surface area contributed by atoms with Crippen LogP contribution in [0.1, 0.15) is 35.6 Å². The molecule has 8 nitrogen and oxygen atoms in total. The van der Waals surface area contributed by atoms with Gasteiger partial charge in [-0.1, -0.05) is 41.6 Å². The predicted octanol–water partition coefficient (Wildman–Crippen LogP) is 5.33. The standard InChI is InChI=1S/C29H27FN4O4S/c1-17-4-10-20(11-5-17)31-27(35)16-26-28(36)32-29(39-26)34-24(18-6-8-19(30)9-7-18)15-23(33-34)22-14-21(37-2)12-13-25(22)38-3/h4-14,24,26H,15-16H2,1-3H3,(H,31,35)/t24-,26+/m0/s1.